The van der Waals surface area contributed by atoms with Crippen LogP contribution in [0, 0.1) is 0 Å². The molecule has 1 N–H and O–H groups in total. The van der Waals surface area contributed by atoms with Crippen LogP contribution in [0.1, 0.15) is 10.5 Å². The van der Waals surface area contributed by atoms with Gasteiger partial charge in [0, 0.05) is 29.6 Å². The number of amides is 1. The highest BCUT2D eigenvalue weighted by Crippen LogP contribution is 2.07. The van der Waals surface area contributed by atoms with Crippen molar-refractivity contribution in [3.63, 3.8) is 0 Å². The van der Waals surface area contributed by atoms with Gasteiger partial charge in [-0.15, -0.1) is 0 Å². The maximum Gasteiger partial charge on any atom is 0.269 e. The van der Waals surface area contributed by atoms with Gasteiger partial charge in [-0.3, -0.25) is 9.48 Å². The summed E-state index contributed by atoms with van der Waals surface area (Å²) in [7, 11) is 0. The monoisotopic (exact) mass is 294 g/mol. The first-order valence-corrected chi connectivity index (χ1v) is 5.92. The van der Waals surface area contributed by atoms with E-state index in [1.165, 1.54) is 0 Å². The second kappa shape index (κ2) is 5.58. The van der Waals surface area contributed by atoms with Gasteiger partial charge < -0.3 is 5.32 Å². The molecule has 2 aromatic heterocycles. The standard InChI is InChI=1S/C11H11BrN4O/c12-9-2-3-10(14-8-9)11(17)13-5-7-16-6-1-4-15-16/h1-4,6,8H,5,7H2,(H,13,17). The Balaban J connectivity index is 1.83. The largest absolute Gasteiger partial charge is 0.349 e. The van der Waals surface area contributed by atoms with Crippen LogP contribution in [0.3, 0.4) is 0 Å². The fraction of sp³-hybridized carbons (Fsp3) is 0.182. The molecule has 88 valence electrons. The third-order valence-electron chi connectivity index (χ3n) is 2.15. The smallest absolute Gasteiger partial charge is 0.269 e. The molecule has 0 spiro atoms. The molecular weight excluding hydrogens is 284 g/mol. The first-order valence-electron chi connectivity index (χ1n) is 5.13. The van der Waals surface area contributed by atoms with Crippen LogP contribution in [0.4, 0.5) is 0 Å². The summed E-state index contributed by atoms with van der Waals surface area (Å²) in [5.74, 6) is -0.176. The van der Waals surface area contributed by atoms with Crippen molar-refractivity contribution in [2.45, 2.75) is 6.54 Å². The highest BCUT2D eigenvalue weighted by atomic mass is 79.9. The second-order valence-electron chi connectivity index (χ2n) is 3.39. The number of carbonyl (C=O) groups excluding carboxylic acids is 1. The van der Waals surface area contributed by atoms with Crippen LogP contribution < -0.4 is 5.32 Å². The van der Waals surface area contributed by atoms with Crippen molar-refractivity contribution >= 4 is 21.8 Å². The van der Waals surface area contributed by atoms with Crippen LogP contribution in [0.5, 0.6) is 0 Å². The molecule has 5 nitrogen and oxygen atoms in total. The van der Waals surface area contributed by atoms with Crippen molar-refractivity contribution in [3.05, 3.63) is 47.0 Å². The first kappa shape index (κ1) is 11.8. The Morgan fingerprint density at radius 1 is 1.47 bits per heavy atom. The van der Waals surface area contributed by atoms with Crippen molar-refractivity contribution in [1.29, 1.82) is 0 Å². The van der Waals surface area contributed by atoms with Gasteiger partial charge in [0.1, 0.15) is 5.69 Å². The van der Waals surface area contributed by atoms with E-state index >= 15 is 0 Å². The summed E-state index contributed by atoms with van der Waals surface area (Å²) in [4.78, 5) is 15.7. The lowest BCUT2D eigenvalue weighted by molar-refractivity contribution is 0.0947. The molecule has 0 aliphatic carbocycles. The molecule has 0 aliphatic heterocycles. The van der Waals surface area contributed by atoms with Gasteiger partial charge in [0.25, 0.3) is 5.91 Å². The predicted molar refractivity (Wildman–Crippen MR) is 66.5 cm³/mol. The molecule has 2 heterocycles. The van der Waals surface area contributed by atoms with Gasteiger partial charge in [-0.05, 0) is 34.1 Å². The lowest BCUT2D eigenvalue weighted by Crippen LogP contribution is -2.28. The van der Waals surface area contributed by atoms with E-state index in [0.29, 0.717) is 18.8 Å². The Hall–Kier alpha value is -1.69. The number of nitrogens with one attached hydrogen (secondary N) is 1. The molecule has 0 atom stereocenters. The SMILES string of the molecule is O=C(NCCn1cccn1)c1ccc(Br)cn1. The van der Waals surface area contributed by atoms with E-state index in [9.17, 15) is 4.79 Å². The average molecular weight is 295 g/mol. The summed E-state index contributed by atoms with van der Waals surface area (Å²) < 4.78 is 2.61. The lowest BCUT2D eigenvalue weighted by atomic mass is 10.3. The molecule has 0 saturated heterocycles. The zero-order chi connectivity index (χ0) is 12.1. The zero-order valence-corrected chi connectivity index (χ0v) is 10.6. The third-order valence-corrected chi connectivity index (χ3v) is 2.61. The van der Waals surface area contributed by atoms with Crippen LogP contribution in [-0.2, 0) is 6.54 Å². The van der Waals surface area contributed by atoms with Gasteiger partial charge in [-0.1, -0.05) is 0 Å². The average Bonchev–Trinajstić information content (AvgIpc) is 2.83. The van der Waals surface area contributed by atoms with E-state index in [0.717, 1.165) is 4.47 Å². The van der Waals surface area contributed by atoms with E-state index in [2.05, 4.69) is 31.3 Å². The molecule has 1 amide bonds. The Bertz CT molecular complexity index is 481. The fourth-order valence-corrected chi connectivity index (χ4v) is 1.55. The van der Waals surface area contributed by atoms with E-state index in [1.54, 1.807) is 29.2 Å². The van der Waals surface area contributed by atoms with Gasteiger partial charge in [-0.25, -0.2) is 4.98 Å². The summed E-state index contributed by atoms with van der Waals surface area (Å²) in [6, 6.07) is 5.31. The Morgan fingerprint density at radius 2 is 2.35 bits per heavy atom. The zero-order valence-electron chi connectivity index (χ0n) is 9.01. The molecule has 6 heteroatoms. The Labute approximate surface area is 107 Å². The summed E-state index contributed by atoms with van der Waals surface area (Å²) in [5, 5.41) is 6.82. The third kappa shape index (κ3) is 3.39. The number of aromatic nitrogens is 3. The number of carbonyl (C=O) groups is 1. The lowest BCUT2D eigenvalue weighted by Gasteiger charge is -2.04. The number of nitrogens with zero attached hydrogens (tertiary/aromatic N) is 3. The number of pyridine rings is 1. The van der Waals surface area contributed by atoms with Crippen molar-refractivity contribution in [2.75, 3.05) is 6.54 Å². The van der Waals surface area contributed by atoms with Gasteiger partial charge in [0.05, 0.1) is 6.54 Å². The van der Waals surface area contributed by atoms with Crippen LogP contribution in [0.15, 0.2) is 41.3 Å². The molecule has 0 radical (unpaired) electrons. The topological polar surface area (TPSA) is 59.8 Å². The van der Waals surface area contributed by atoms with E-state index in [1.807, 2.05) is 12.3 Å². The molecular formula is C11H11BrN4O. The van der Waals surface area contributed by atoms with Gasteiger partial charge >= 0.3 is 0 Å². The molecule has 0 aliphatic rings. The maximum absolute atomic E-state index is 11.7. The summed E-state index contributed by atoms with van der Waals surface area (Å²) in [5.41, 5.74) is 0.411. The number of hydrogen-bond acceptors (Lipinski definition) is 3. The van der Waals surface area contributed by atoms with E-state index < -0.39 is 0 Å². The van der Waals surface area contributed by atoms with E-state index in [-0.39, 0.29) is 5.91 Å². The number of rotatable bonds is 4. The minimum atomic E-state index is -0.176. The van der Waals surface area contributed by atoms with E-state index in [4.69, 9.17) is 0 Å². The quantitative estimate of drug-likeness (QED) is 0.929. The van der Waals surface area contributed by atoms with Crippen molar-refractivity contribution in [2.24, 2.45) is 0 Å². The van der Waals surface area contributed by atoms with Crippen molar-refractivity contribution in [3.8, 4) is 0 Å². The summed E-state index contributed by atoms with van der Waals surface area (Å²) in [6.07, 6.45) is 5.16. The minimum Gasteiger partial charge on any atom is -0.349 e. The van der Waals surface area contributed by atoms with Crippen LogP contribution >= 0.6 is 15.9 Å². The van der Waals surface area contributed by atoms with Crippen molar-refractivity contribution < 1.29 is 4.79 Å². The Kier molecular flexibility index (Phi) is 3.87. The van der Waals surface area contributed by atoms with Crippen LogP contribution in [-0.4, -0.2) is 27.2 Å². The fourth-order valence-electron chi connectivity index (χ4n) is 1.32. The maximum atomic E-state index is 11.7. The molecule has 0 fully saturated rings. The van der Waals surface area contributed by atoms with Crippen LogP contribution in [0.2, 0.25) is 0 Å². The van der Waals surface area contributed by atoms with Gasteiger partial charge in [0.2, 0.25) is 0 Å². The summed E-state index contributed by atoms with van der Waals surface area (Å²) >= 11 is 3.27. The van der Waals surface area contributed by atoms with Gasteiger partial charge in [-0.2, -0.15) is 5.10 Å². The molecule has 2 rings (SSSR count). The van der Waals surface area contributed by atoms with Crippen molar-refractivity contribution in [1.82, 2.24) is 20.1 Å². The number of hydrogen-bond donors (Lipinski definition) is 1. The highest BCUT2D eigenvalue weighted by Gasteiger charge is 2.05. The number of halogens is 1. The first-order chi connectivity index (χ1) is 8.25. The van der Waals surface area contributed by atoms with Gasteiger partial charge in [0.15, 0.2) is 0 Å². The second-order valence-corrected chi connectivity index (χ2v) is 4.30. The molecule has 0 unspecified atom stereocenters. The summed E-state index contributed by atoms with van der Waals surface area (Å²) in [6.45, 7) is 1.17. The highest BCUT2D eigenvalue weighted by molar-refractivity contribution is 9.10. The minimum absolute atomic E-state index is 0.176. The molecule has 0 aromatic carbocycles. The molecule has 0 bridgehead atoms. The van der Waals surface area contributed by atoms with Crippen LogP contribution in [0.25, 0.3) is 0 Å². The predicted octanol–water partition coefficient (Wildman–Crippen LogP) is 1.47. The Morgan fingerprint density at radius 3 is 3.00 bits per heavy atom. The normalized spacial score (nSPS) is 10.2. The molecule has 17 heavy (non-hydrogen) atoms. The molecule has 0 saturated carbocycles. The molecule has 2 aromatic rings.